The number of hydrogen-bond acceptors (Lipinski definition) is 4. The van der Waals surface area contributed by atoms with Gasteiger partial charge < -0.3 is 4.74 Å². The van der Waals surface area contributed by atoms with E-state index in [4.69, 9.17) is 4.74 Å². The summed E-state index contributed by atoms with van der Waals surface area (Å²) in [7, 11) is 0. The molecule has 1 aliphatic heterocycles. The maximum Gasteiger partial charge on any atom is 0.422 e. The van der Waals surface area contributed by atoms with Crippen LogP contribution >= 0.6 is 0 Å². The van der Waals surface area contributed by atoms with Crippen LogP contribution in [0.25, 0.3) is 0 Å². The molecular weight excluding hydrogens is 232 g/mol. The minimum atomic E-state index is -0.479. The van der Waals surface area contributed by atoms with Crippen LogP contribution in [0.5, 0.6) is 0 Å². The van der Waals surface area contributed by atoms with Gasteiger partial charge in [0.25, 0.3) is 0 Å². The van der Waals surface area contributed by atoms with Crippen molar-refractivity contribution in [2.75, 3.05) is 13.1 Å². The zero-order valence-electron chi connectivity index (χ0n) is 10.1. The standard InChI is InChI=1S/C13H16N2O3/c16-12-6-8-15(9-7-12)14-13(17)18-10-11-4-2-1-3-5-11/h1-5H,6-10H2,(H,14,17). The summed E-state index contributed by atoms with van der Waals surface area (Å²) in [5.41, 5.74) is 3.58. The minimum absolute atomic E-state index is 0.241. The number of amides is 1. The maximum atomic E-state index is 11.5. The molecule has 1 aliphatic rings. The van der Waals surface area contributed by atoms with E-state index in [-0.39, 0.29) is 12.4 Å². The second-order valence-electron chi connectivity index (χ2n) is 4.20. The lowest BCUT2D eigenvalue weighted by atomic mass is 10.1. The van der Waals surface area contributed by atoms with Crippen molar-refractivity contribution in [3.63, 3.8) is 0 Å². The van der Waals surface area contributed by atoms with Gasteiger partial charge in [-0.3, -0.25) is 10.2 Å². The number of hydrazine groups is 1. The molecule has 1 fully saturated rings. The van der Waals surface area contributed by atoms with Gasteiger partial charge in [0.2, 0.25) is 0 Å². The van der Waals surface area contributed by atoms with Crippen molar-refractivity contribution in [1.29, 1.82) is 0 Å². The molecule has 1 aromatic carbocycles. The van der Waals surface area contributed by atoms with E-state index >= 15 is 0 Å². The van der Waals surface area contributed by atoms with Crippen molar-refractivity contribution in [3.05, 3.63) is 35.9 Å². The molecule has 0 spiro atoms. The van der Waals surface area contributed by atoms with Gasteiger partial charge in [-0.1, -0.05) is 30.3 Å². The Morgan fingerprint density at radius 1 is 1.22 bits per heavy atom. The van der Waals surface area contributed by atoms with Gasteiger partial charge in [0.05, 0.1) is 0 Å². The molecule has 0 aliphatic carbocycles. The first-order valence-corrected chi connectivity index (χ1v) is 5.98. The van der Waals surface area contributed by atoms with Crippen LogP contribution in [-0.2, 0) is 16.1 Å². The van der Waals surface area contributed by atoms with Crippen molar-refractivity contribution in [3.8, 4) is 0 Å². The van der Waals surface area contributed by atoms with Gasteiger partial charge in [0.15, 0.2) is 0 Å². The number of carbonyl (C=O) groups excluding carboxylic acids is 2. The summed E-state index contributed by atoms with van der Waals surface area (Å²) in [6.07, 6.45) is 0.492. The maximum absolute atomic E-state index is 11.5. The number of hydrogen-bond donors (Lipinski definition) is 1. The van der Waals surface area contributed by atoms with Gasteiger partial charge in [0.1, 0.15) is 12.4 Å². The molecule has 0 unspecified atom stereocenters. The van der Waals surface area contributed by atoms with Crippen LogP contribution in [0.2, 0.25) is 0 Å². The van der Waals surface area contributed by atoms with Crippen molar-refractivity contribution in [2.24, 2.45) is 0 Å². The molecule has 0 bridgehead atoms. The molecule has 0 radical (unpaired) electrons. The number of piperidine rings is 1. The Bertz CT molecular complexity index is 410. The van der Waals surface area contributed by atoms with E-state index in [9.17, 15) is 9.59 Å². The van der Waals surface area contributed by atoms with Gasteiger partial charge in [-0.2, -0.15) is 0 Å². The Morgan fingerprint density at radius 3 is 2.56 bits per heavy atom. The van der Waals surface area contributed by atoms with Crippen LogP contribution in [0.1, 0.15) is 18.4 Å². The number of Topliss-reactive ketones (excluding diaryl/α,β-unsaturated/α-hetero) is 1. The number of ketones is 1. The fraction of sp³-hybridized carbons (Fsp3) is 0.385. The molecule has 2 rings (SSSR count). The van der Waals surface area contributed by atoms with Crippen LogP contribution in [0.15, 0.2) is 30.3 Å². The van der Waals surface area contributed by atoms with Crippen LogP contribution in [0.3, 0.4) is 0 Å². The summed E-state index contributed by atoms with van der Waals surface area (Å²) >= 11 is 0. The number of ether oxygens (including phenoxy) is 1. The van der Waals surface area contributed by atoms with E-state index in [0.717, 1.165) is 5.56 Å². The molecule has 1 N–H and O–H groups in total. The van der Waals surface area contributed by atoms with E-state index in [1.54, 1.807) is 5.01 Å². The molecule has 1 heterocycles. The third-order valence-corrected chi connectivity index (χ3v) is 2.78. The van der Waals surface area contributed by atoms with E-state index in [2.05, 4.69) is 5.43 Å². The molecule has 1 amide bonds. The number of benzene rings is 1. The highest BCUT2D eigenvalue weighted by Crippen LogP contribution is 2.04. The summed E-state index contributed by atoms with van der Waals surface area (Å²) in [6.45, 7) is 1.36. The largest absolute Gasteiger partial charge is 0.444 e. The zero-order valence-corrected chi connectivity index (χ0v) is 10.1. The summed E-state index contributed by atoms with van der Waals surface area (Å²) in [4.78, 5) is 22.5. The van der Waals surface area contributed by atoms with E-state index < -0.39 is 6.09 Å². The van der Waals surface area contributed by atoms with Crippen molar-refractivity contribution in [1.82, 2.24) is 10.4 Å². The molecule has 0 saturated carbocycles. The van der Waals surface area contributed by atoms with E-state index in [0.29, 0.717) is 25.9 Å². The first-order valence-electron chi connectivity index (χ1n) is 5.98. The smallest absolute Gasteiger partial charge is 0.422 e. The number of nitrogens with zero attached hydrogens (tertiary/aromatic N) is 1. The fourth-order valence-electron chi connectivity index (χ4n) is 1.75. The minimum Gasteiger partial charge on any atom is -0.444 e. The summed E-state index contributed by atoms with van der Waals surface area (Å²) in [5, 5.41) is 1.72. The Balaban J connectivity index is 1.71. The Kier molecular flexibility index (Phi) is 4.30. The normalized spacial score (nSPS) is 16.3. The first-order chi connectivity index (χ1) is 8.74. The Hall–Kier alpha value is -1.88. The third-order valence-electron chi connectivity index (χ3n) is 2.78. The van der Waals surface area contributed by atoms with Gasteiger partial charge in [0, 0.05) is 25.9 Å². The van der Waals surface area contributed by atoms with Crippen LogP contribution in [0.4, 0.5) is 4.79 Å². The quantitative estimate of drug-likeness (QED) is 0.880. The highest BCUT2D eigenvalue weighted by molar-refractivity contribution is 5.79. The highest BCUT2D eigenvalue weighted by atomic mass is 16.6. The second kappa shape index (κ2) is 6.16. The van der Waals surface area contributed by atoms with Gasteiger partial charge in [-0.25, -0.2) is 9.80 Å². The van der Waals surface area contributed by atoms with Gasteiger partial charge in [-0.15, -0.1) is 0 Å². The van der Waals surface area contributed by atoms with Gasteiger partial charge >= 0.3 is 6.09 Å². The van der Waals surface area contributed by atoms with E-state index in [1.165, 1.54) is 0 Å². The first kappa shape index (κ1) is 12.6. The van der Waals surface area contributed by atoms with Crippen LogP contribution in [-0.4, -0.2) is 30.0 Å². The SMILES string of the molecule is O=C1CCN(NC(=O)OCc2ccccc2)CC1. The predicted molar refractivity (Wildman–Crippen MR) is 65.6 cm³/mol. The number of rotatable bonds is 3. The molecule has 5 heteroatoms. The second-order valence-corrected chi connectivity index (χ2v) is 4.20. The fourth-order valence-corrected chi connectivity index (χ4v) is 1.75. The van der Waals surface area contributed by atoms with E-state index in [1.807, 2.05) is 30.3 Å². The Labute approximate surface area is 106 Å². The topological polar surface area (TPSA) is 58.6 Å². The number of nitrogens with one attached hydrogen (secondary N) is 1. The molecule has 1 saturated heterocycles. The molecule has 5 nitrogen and oxygen atoms in total. The average molecular weight is 248 g/mol. The Morgan fingerprint density at radius 2 is 1.89 bits per heavy atom. The van der Waals surface area contributed by atoms with Crippen LogP contribution < -0.4 is 5.43 Å². The van der Waals surface area contributed by atoms with Crippen molar-refractivity contribution >= 4 is 11.9 Å². The molecule has 0 atom stereocenters. The third kappa shape index (κ3) is 3.85. The van der Waals surface area contributed by atoms with Gasteiger partial charge in [-0.05, 0) is 5.56 Å². The molecule has 0 aromatic heterocycles. The molecular formula is C13H16N2O3. The van der Waals surface area contributed by atoms with Crippen LogP contribution in [0, 0.1) is 0 Å². The van der Waals surface area contributed by atoms with Crippen molar-refractivity contribution in [2.45, 2.75) is 19.4 Å². The summed E-state index contributed by atoms with van der Waals surface area (Å²) in [5.74, 6) is 0.241. The lowest BCUT2D eigenvalue weighted by molar-refractivity contribution is -0.122. The molecule has 96 valence electrons. The zero-order chi connectivity index (χ0) is 12.8. The highest BCUT2D eigenvalue weighted by Gasteiger charge is 2.17. The molecule has 18 heavy (non-hydrogen) atoms. The summed E-state index contributed by atoms with van der Waals surface area (Å²) in [6, 6.07) is 9.49. The average Bonchev–Trinajstić information content (AvgIpc) is 2.40. The monoisotopic (exact) mass is 248 g/mol. The number of carbonyl (C=O) groups is 2. The molecule has 1 aromatic rings. The van der Waals surface area contributed by atoms with Crippen molar-refractivity contribution < 1.29 is 14.3 Å². The lowest BCUT2D eigenvalue weighted by Crippen LogP contribution is -2.46. The lowest BCUT2D eigenvalue weighted by Gasteiger charge is -2.25. The summed E-state index contributed by atoms with van der Waals surface area (Å²) < 4.78 is 5.08. The predicted octanol–water partition coefficient (Wildman–Crippen LogP) is 1.49.